The molecule has 1 N–H and O–H groups in total. The van der Waals surface area contributed by atoms with E-state index in [1.165, 1.54) is 6.08 Å². The van der Waals surface area contributed by atoms with E-state index in [0.29, 0.717) is 5.92 Å². The van der Waals surface area contributed by atoms with Gasteiger partial charge in [-0.15, -0.1) is 0 Å². The van der Waals surface area contributed by atoms with Crippen molar-refractivity contribution in [1.29, 1.82) is 0 Å². The van der Waals surface area contributed by atoms with Gasteiger partial charge in [-0.2, -0.15) is 0 Å². The van der Waals surface area contributed by atoms with Crippen LogP contribution in [0.4, 0.5) is 0 Å². The fourth-order valence-electron chi connectivity index (χ4n) is 1.69. The summed E-state index contributed by atoms with van der Waals surface area (Å²) >= 11 is 0. The number of aliphatic hydroxyl groups is 1. The standard InChI is InChI=1S/C17H32O2Si/c1-9-10-11-16(18)15(3)12-14(2)13-19-20(7,8)17(4,5)6/h9,14-16,18H,1,12-13H2,2-8H3/t14-,15+,16?/m1/s1. The van der Waals surface area contributed by atoms with Gasteiger partial charge < -0.3 is 9.53 Å². The van der Waals surface area contributed by atoms with Gasteiger partial charge in [0.25, 0.3) is 0 Å². The molecular formula is C17H32O2Si. The smallest absolute Gasteiger partial charge is 0.191 e. The minimum Gasteiger partial charge on any atom is -0.417 e. The van der Waals surface area contributed by atoms with Gasteiger partial charge in [0.1, 0.15) is 6.10 Å². The van der Waals surface area contributed by atoms with Crippen LogP contribution in [0, 0.1) is 23.7 Å². The fourth-order valence-corrected chi connectivity index (χ4v) is 2.82. The van der Waals surface area contributed by atoms with Crippen LogP contribution in [0.1, 0.15) is 41.0 Å². The van der Waals surface area contributed by atoms with Crippen molar-refractivity contribution in [3.8, 4) is 11.8 Å². The highest BCUT2D eigenvalue weighted by molar-refractivity contribution is 6.74. The Hall–Kier alpha value is -0.563. The van der Waals surface area contributed by atoms with E-state index in [4.69, 9.17) is 4.43 Å². The van der Waals surface area contributed by atoms with Crippen LogP contribution in [0.3, 0.4) is 0 Å². The zero-order chi connectivity index (χ0) is 16.0. The molecule has 0 aromatic rings. The van der Waals surface area contributed by atoms with Crippen molar-refractivity contribution in [2.75, 3.05) is 6.61 Å². The minimum atomic E-state index is -1.67. The van der Waals surface area contributed by atoms with E-state index in [9.17, 15) is 5.11 Å². The van der Waals surface area contributed by atoms with Gasteiger partial charge in [0.05, 0.1) is 0 Å². The zero-order valence-electron chi connectivity index (χ0n) is 14.3. The maximum absolute atomic E-state index is 9.90. The lowest BCUT2D eigenvalue weighted by molar-refractivity contribution is 0.138. The number of allylic oxidation sites excluding steroid dienone is 1. The molecule has 0 radical (unpaired) electrons. The highest BCUT2D eigenvalue weighted by Gasteiger charge is 2.37. The summed E-state index contributed by atoms with van der Waals surface area (Å²) in [6.07, 6.45) is 1.85. The highest BCUT2D eigenvalue weighted by Crippen LogP contribution is 2.37. The van der Waals surface area contributed by atoms with E-state index < -0.39 is 14.4 Å². The summed E-state index contributed by atoms with van der Waals surface area (Å²) in [6.45, 7) is 19.8. The Labute approximate surface area is 126 Å². The molecule has 3 atom stereocenters. The summed E-state index contributed by atoms with van der Waals surface area (Å²) in [7, 11) is -1.67. The first-order valence-electron chi connectivity index (χ1n) is 7.45. The summed E-state index contributed by atoms with van der Waals surface area (Å²) < 4.78 is 6.22. The lowest BCUT2D eigenvalue weighted by atomic mass is 9.93. The average molecular weight is 297 g/mol. The first-order valence-corrected chi connectivity index (χ1v) is 10.4. The molecule has 0 amide bonds. The third kappa shape index (κ3) is 6.74. The molecule has 0 spiro atoms. The maximum Gasteiger partial charge on any atom is 0.191 e. The molecule has 0 heterocycles. The topological polar surface area (TPSA) is 29.5 Å². The lowest BCUT2D eigenvalue weighted by Gasteiger charge is -2.37. The van der Waals surface area contributed by atoms with Crippen LogP contribution in [-0.2, 0) is 4.43 Å². The molecule has 0 fully saturated rings. The molecule has 116 valence electrons. The Morgan fingerprint density at radius 1 is 1.30 bits per heavy atom. The molecular weight excluding hydrogens is 264 g/mol. The quantitative estimate of drug-likeness (QED) is 0.587. The van der Waals surface area contributed by atoms with Crippen LogP contribution in [0.2, 0.25) is 18.1 Å². The Bertz CT molecular complexity index is 357. The van der Waals surface area contributed by atoms with Crippen molar-refractivity contribution in [1.82, 2.24) is 0 Å². The molecule has 3 heteroatoms. The van der Waals surface area contributed by atoms with Crippen LogP contribution in [0.15, 0.2) is 12.7 Å². The SMILES string of the molecule is C=CC#CC(O)[C@@H](C)C[C@@H](C)CO[Si](C)(C)C(C)(C)C. The third-order valence-electron chi connectivity index (χ3n) is 4.18. The molecule has 0 bridgehead atoms. The Kier molecular flexibility index (Phi) is 7.79. The molecule has 20 heavy (non-hydrogen) atoms. The average Bonchev–Trinajstić information content (AvgIpc) is 2.32. The summed E-state index contributed by atoms with van der Waals surface area (Å²) in [5, 5.41) is 10.1. The summed E-state index contributed by atoms with van der Waals surface area (Å²) in [5.74, 6) is 6.09. The van der Waals surface area contributed by atoms with E-state index in [1.54, 1.807) is 0 Å². The first-order chi connectivity index (χ1) is 9.01. The van der Waals surface area contributed by atoms with Gasteiger partial charge in [0, 0.05) is 6.61 Å². The second kappa shape index (κ2) is 8.02. The van der Waals surface area contributed by atoms with Gasteiger partial charge in [0.15, 0.2) is 8.32 Å². The van der Waals surface area contributed by atoms with Crippen molar-refractivity contribution in [2.24, 2.45) is 11.8 Å². The second-order valence-electron chi connectivity index (χ2n) is 7.33. The third-order valence-corrected chi connectivity index (χ3v) is 8.68. The molecule has 0 saturated carbocycles. The zero-order valence-corrected chi connectivity index (χ0v) is 15.3. The van der Waals surface area contributed by atoms with E-state index >= 15 is 0 Å². The Morgan fingerprint density at radius 3 is 2.30 bits per heavy atom. The Morgan fingerprint density at radius 2 is 1.85 bits per heavy atom. The van der Waals surface area contributed by atoms with Crippen molar-refractivity contribution >= 4 is 8.32 Å². The normalized spacial score (nSPS) is 16.8. The van der Waals surface area contributed by atoms with Crippen LogP contribution in [0.25, 0.3) is 0 Å². The van der Waals surface area contributed by atoms with Crippen LogP contribution in [-0.4, -0.2) is 26.1 Å². The highest BCUT2D eigenvalue weighted by atomic mass is 28.4. The molecule has 2 nitrogen and oxygen atoms in total. The molecule has 0 aromatic carbocycles. The number of hydrogen-bond donors (Lipinski definition) is 1. The van der Waals surface area contributed by atoms with Gasteiger partial charge in [0.2, 0.25) is 0 Å². The molecule has 0 aliphatic heterocycles. The lowest BCUT2D eigenvalue weighted by Crippen LogP contribution is -2.42. The van der Waals surface area contributed by atoms with Crippen molar-refractivity contribution in [3.05, 3.63) is 12.7 Å². The molecule has 0 aliphatic rings. The number of rotatable bonds is 6. The molecule has 0 aromatic heterocycles. The van der Waals surface area contributed by atoms with Crippen molar-refractivity contribution in [3.63, 3.8) is 0 Å². The van der Waals surface area contributed by atoms with Crippen LogP contribution < -0.4 is 0 Å². The van der Waals surface area contributed by atoms with Gasteiger partial charge >= 0.3 is 0 Å². The fraction of sp³-hybridized carbons (Fsp3) is 0.765. The van der Waals surface area contributed by atoms with Gasteiger partial charge in [-0.3, -0.25) is 0 Å². The van der Waals surface area contributed by atoms with Gasteiger partial charge in [-0.1, -0.05) is 53.0 Å². The largest absolute Gasteiger partial charge is 0.417 e. The van der Waals surface area contributed by atoms with E-state index in [-0.39, 0.29) is 11.0 Å². The summed E-state index contributed by atoms with van der Waals surface area (Å²) in [5.41, 5.74) is 0. The number of hydrogen-bond acceptors (Lipinski definition) is 2. The summed E-state index contributed by atoms with van der Waals surface area (Å²) in [4.78, 5) is 0. The molecule has 0 aliphatic carbocycles. The van der Waals surface area contributed by atoms with Crippen LogP contribution in [0.5, 0.6) is 0 Å². The van der Waals surface area contributed by atoms with Gasteiger partial charge in [-0.25, -0.2) is 0 Å². The van der Waals surface area contributed by atoms with E-state index in [2.05, 4.69) is 59.2 Å². The molecule has 1 unspecified atom stereocenters. The van der Waals surface area contributed by atoms with Gasteiger partial charge in [-0.05, 0) is 42.5 Å². The predicted octanol–water partition coefficient (Wildman–Crippen LogP) is 4.22. The van der Waals surface area contributed by atoms with Crippen molar-refractivity contribution < 1.29 is 9.53 Å². The minimum absolute atomic E-state index is 0.153. The predicted molar refractivity (Wildman–Crippen MR) is 90.1 cm³/mol. The maximum atomic E-state index is 9.90. The first kappa shape index (κ1) is 19.4. The van der Waals surface area contributed by atoms with Crippen LogP contribution >= 0.6 is 0 Å². The van der Waals surface area contributed by atoms with E-state index in [0.717, 1.165) is 13.0 Å². The van der Waals surface area contributed by atoms with Crippen molar-refractivity contribution in [2.45, 2.75) is 65.3 Å². The summed E-state index contributed by atoms with van der Waals surface area (Å²) in [6, 6.07) is 0. The molecule has 0 rings (SSSR count). The number of aliphatic hydroxyl groups excluding tert-OH is 1. The monoisotopic (exact) mass is 296 g/mol. The Balaban J connectivity index is 4.30. The molecule has 0 saturated heterocycles. The van der Waals surface area contributed by atoms with E-state index in [1.807, 2.05) is 6.92 Å². The second-order valence-corrected chi connectivity index (χ2v) is 12.1.